The number of ether oxygens (including phenoxy) is 7. The summed E-state index contributed by atoms with van der Waals surface area (Å²) in [7, 11) is 3.09. The van der Waals surface area contributed by atoms with Crippen molar-refractivity contribution in [2.24, 2.45) is 11.8 Å². The van der Waals surface area contributed by atoms with Gasteiger partial charge in [0.25, 0.3) is 0 Å². The molecule has 3 N–H and O–H groups in total. The summed E-state index contributed by atoms with van der Waals surface area (Å²) in [5.74, 6) is -2.90. The minimum Gasteiger partial charge on any atom is -0.507 e. The molecule has 0 saturated carbocycles. The van der Waals surface area contributed by atoms with Crippen molar-refractivity contribution in [3.05, 3.63) is 57.1 Å². The zero-order valence-corrected chi connectivity index (χ0v) is 30.9. The van der Waals surface area contributed by atoms with Crippen LogP contribution in [0.2, 0.25) is 0 Å². The number of Topliss-reactive ketones (excluding diaryl/α,β-unsaturated/α-hetero) is 1. The molecule has 2 aromatic carbocycles. The van der Waals surface area contributed by atoms with Crippen LogP contribution in [-0.2, 0) is 51.0 Å². The second kappa shape index (κ2) is 15.1. The topological polar surface area (TPSA) is 177 Å². The SMILES string of the molecule is COCc1cccc2c1C(=O)c1c(O)c3c(c(O)c1C2=O)C[C@@](O)(C(=O)COC(C)C)C[C@@H]3O[C@H]1C[C@@H]2CC3CCCCO[C@H](OC)[C@H]3O[C@@H]2[C@H](C)O1. The number of ketones is 3. The van der Waals surface area contributed by atoms with Crippen LogP contribution in [0.25, 0.3) is 0 Å². The number of methoxy groups -OCH3 is 2. The van der Waals surface area contributed by atoms with E-state index in [1.54, 1.807) is 33.1 Å². The molecule has 288 valence electrons. The third-order valence-corrected chi connectivity index (χ3v) is 11.6. The predicted octanol–water partition coefficient (Wildman–Crippen LogP) is 4.45. The van der Waals surface area contributed by atoms with Gasteiger partial charge in [-0.2, -0.15) is 0 Å². The lowest BCUT2D eigenvalue weighted by atomic mass is 9.71. The fourth-order valence-electron chi connectivity index (χ4n) is 9.08. The molecule has 0 radical (unpaired) electrons. The molecule has 7 rings (SSSR count). The van der Waals surface area contributed by atoms with Crippen LogP contribution in [0.1, 0.15) is 114 Å². The van der Waals surface area contributed by atoms with Crippen LogP contribution in [0.4, 0.5) is 0 Å². The van der Waals surface area contributed by atoms with E-state index in [1.165, 1.54) is 13.2 Å². The predicted molar refractivity (Wildman–Crippen MR) is 187 cm³/mol. The largest absolute Gasteiger partial charge is 0.507 e. The van der Waals surface area contributed by atoms with Gasteiger partial charge in [0.15, 0.2) is 29.9 Å². The molecule has 13 heteroatoms. The molecule has 3 aliphatic heterocycles. The average Bonchev–Trinajstić information content (AvgIpc) is 3.11. The normalized spacial score (nSPS) is 32.5. The van der Waals surface area contributed by atoms with Gasteiger partial charge < -0.3 is 48.5 Å². The highest BCUT2D eigenvalue weighted by molar-refractivity contribution is 6.31. The van der Waals surface area contributed by atoms with E-state index in [4.69, 9.17) is 33.2 Å². The second-order valence-corrected chi connectivity index (χ2v) is 15.4. The lowest BCUT2D eigenvalue weighted by Crippen LogP contribution is -2.56. The van der Waals surface area contributed by atoms with Gasteiger partial charge in [0.05, 0.1) is 42.1 Å². The van der Waals surface area contributed by atoms with Crippen LogP contribution in [0.3, 0.4) is 0 Å². The molecule has 3 fully saturated rings. The minimum atomic E-state index is -2.10. The molecule has 2 aliphatic carbocycles. The van der Waals surface area contributed by atoms with Crippen LogP contribution in [0.15, 0.2) is 18.2 Å². The van der Waals surface area contributed by atoms with Crippen LogP contribution in [-0.4, -0.2) is 103 Å². The van der Waals surface area contributed by atoms with Gasteiger partial charge in [-0.3, -0.25) is 14.4 Å². The molecule has 5 aliphatic rings. The Morgan fingerprint density at radius 3 is 2.49 bits per heavy atom. The number of phenolic OH excluding ortho intramolecular Hbond substituents is 2. The van der Waals surface area contributed by atoms with Crippen LogP contribution in [0, 0.1) is 11.8 Å². The van der Waals surface area contributed by atoms with Crippen LogP contribution < -0.4 is 0 Å². The number of rotatable bonds is 9. The first kappa shape index (κ1) is 38.0. The molecule has 1 unspecified atom stereocenters. The third kappa shape index (κ3) is 6.84. The zero-order chi connectivity index (χ0) is 37.8. The Balaban J connectivity index is 1.25. The van der Waals surface area contributed by atoms with Crippen LogP contribution in [0.5, 0.6) is 11.5 Å². The summed E-state index contributed by atoms with van der Waals surface area (Å²) in [5.41, 5.74) is -2.30. The average molecular weight is 739 g/mol. The van der Waals surface area contributed by atoms with E-state index in [0.717, 1.165) is 25.7 Å². The fraction of sp³-hybridized carbons (Fsp3) is 0.625. The van der Waals surface area contributed by atoms with Crippen molar-refractivity contribution in [3.63, 3.8) is 0 Å². The highest BCUT2D eigenvalue weighted by Crippen LogP contribution is 2.53. The van der Waals surface area contributed by atoms with E-state index < -0.39 is 72.3 Å². The maximum Gasteiger partial charge on any atom is 0.198 e. The molecular weight excluding hydrogens is 688 g/mol. The van der Waals surface area contributed by atoms with Crippen molar-refractivity contribution in [2.75, 3.05) is 27.4 Å². The van der Waals surface area contributed by atoms with E-state index >= 15 is 0 Å². The quantitative estimate of drug-likeness (QED) is 0.263. The minimum absolute atomic E-state index is 0.0239. The summed E-state index contributed by atoms with van der Waals surface area (Å²) in [6.07, 6.45) is -0.443. The molecule has 0 bridgehead atoms. The Hall–Kier alpha value is -3.27. The van der Waals surface area contributed by atoms with Gasteiger partial charge >= 0.3 is 0 Å². The number of benzene rings is 2. The highest BCUT2D eigenvalue weighted by atomic mass is 16.7. The molecule has 53 heavy (non-hydrogen) atoms. The molecule has 3 saturated heterocycles. The van der Waals surface area contributed by atoms with E-state index in [1.807, 2.05) is 6.92 Å². The Bertz CT molecular complexity index is 1750. The second-order valence-electron chi connectivity index (χ2n) is 15.4. The molecule has 0 amide bonds. The van der Waals surface area contributed by atoms with Gasteiger partial charge in [-0.05, 0) is 57.4 Å². The first-order valence-corrected chi connectivity index (χ1v) is 18.7. The van der Waals surface area contributed by atoms with Crippen LogP contribution >= 0.6 is 0 Å². The first-order valence-electron chi connectivity index (χ1n) is 18.7. The number of carbonyl (C=O) groups excluding carboxylic acids is 3. The number of carbonyl (C=O) groups is 3. The zero-order valence-electron chi connectivity index (χ0n) is 30.9. The highest BCUT2D eigenvalue weighted by Gasteiger charge is 2.52. The third-order valence-electron chi connectivity index (χ3n) is 11.6. The summed E-state index contributed by atoms with van der Waals surface area (Å²) >= 11 is 0. The molecule has 0 aromatic heterocycles. The van der Waals surface area contributed by atoms with Gasteiger partial charge in [0.1, 0.15) is 29.8 Å². The van der Waals surface area contributed by atoms with Gasteiger partial charge in [0.2, 0.25) is 0 Å². The maximum absolute atomic E-state index is 14.2. The Morgan fingerprint density at radius 2 is 1.75 bits per heavy atom. The van der Waals surface area contributed by atoms with Gasteiger partial charge in [-0.1, -0.05) is 24.6 Å². The smallest absolute Gasteiger partial charge is 0.198 e. The number of phenols is 2. The van der Waals surface area contributed by atoms with Crippen molar-refractivity contribution >= 4 is 17.3 Å². The summed E-state index contributed by atoms with van der Waals surface area (Å²) < 4.78 is 42.2. The number of aliphatic hydroxyl groups is 1. The van der Waals surface area contributed by atoms with Gasteiger partial charge in [-0.25, -0.2) is 0 Å². The standard InChI is InChI=1S/C40H50O13/c1-19(2)50-18-27(41)40(46)15-25-30(36(45)32-31(34(25)43)33(42)24-11-8-10-22(17-47-4)29(24)35(32)44)26(16-40)52-28-14-23-13-21-9-6-7-12-49-39(48-5)38(21)53-37(23)20(3)51-28/h8,10-11,19-21,23,26,28,37-39,43,45-46H,6-7,9,12-18H2,1-5H3/t20-,21?,23-,26-,28-,37+,38-,39-,40-/m0/s1. The number of hydrogen-bond donors (Lipinski definition) is 3. The Morgan fingerprint density at radius 1 is 0.981 bits per heavy atom. The maximum atomic E-state index is 14.2. The number of fused-ring (bicyclic) bond motifs is 5. The van der Waals surface area contributed by atoms with Crippen molar-refractivity contribution in [2.45, 2.75) is 121 Å². The molecular formula is C40H50O13. The van der Waals surface area contributed by atoms with Crippen molar-refractivity contribution in [3.8, 4) is 11.5 Å². The monoisotopic (exact) mass is 738 g/mol. The summed E-state index contributed by atoms with van der Waals surface area (Å²) in [5, 5.41) is 35.9. The fourth-order valence-corrected chi connectivity index (χ4v) is 9.08. The Labute approximate surface area is 308 Å². The lowest BCUT2D eigenvalue weighted by Gasteiger charge is -2.50. The number of aromatic hydroxyl groups is 2. The summed E-state index contributed by atoms with van der Waals surface area (Å²) in [6.45, 7) is 5.66. The summed E-state index contributed by atoms with van der Waals surface area (Å²) in [6, 6.07) is 4.76. The molecule has 3 heterocycles. The van der Waals surface area contributed by atoms with E-state index in [9.17, 15) is 29.7 Å². The molecule has 2 aromatic rings. The number of hydrogen-bond acceptors (Lipinski definition) is 13. The van der Waals surface area contributed by atoms with Gasteiger partial charge in [0, 0.05) is 62.3 Å². The van der Waals surface area contributed by atoms with E-state index in [0.29, 0.717) is 18.6 Å². The van der Waals surface area contributed by atoms with Crippen molar-refractivity contribution in [1.29, 1.82) is 0 Å². The summed E-state index contributed by atoms with van der Waals surface area (Å²) in [4.78, 5) is 41.8. The van der Waals surface area contributed by atoms with Crippen molar-refractivity contribution < 1.29 is 62.9 Å². The lowest BCUT2D eigenvalue weighted by molar-refractivity contribution is -0.311. The molecule has 9 atom stereocenters. The van der Waals surface area contributed by atoms with Gasteiger partial charge in [-0.15, -0.1) is 0 Å². The molecule has 0 spiro atoms. The van der Waals surface area contributed by atoms with Crippen molar-refractivity contribution in [1.82, 2.24) is 0 Å². The first-order chi connectivity index (χ1) is 25.4. The van der Waals surface area contributed by atoms with E-state index in [-0.39, 0.29) is 76.6 Å². The Kier molecular flexibility index (Phi) is 10.8. The van der Waals surface area contributed by atoms with E-state index in [2.05, 4.69) is 0 Å². The molecule has 13 nitrogen and oxygen atoms in total.